The van der Waals surface area contributed by atoms with E-state index in [2.05, 4.69) is 148 Å². The number of nitriles is 3. The first-order valence-electron chi connectivity index (χ1n) is 39.0. The Balaban J connectivity index is 0.000000132. The zero-order valence-electron chi connectivity index (χ0n) is 64.9. The summed E-state index contributed by atoms with van der Waals surface area (Å²) in [6.45, 7) is 11.7. The van der Waals surface area contributed by atoms with E-state index in [0.717, 1.165) is 154 Å². The summed E-state index contributed by atoms with van der Waals surface area (Å²) in [5, 5.41) is 63.8. The number of piperidine rings is 3. The van der Waals surface area contributed by atoms with Crippen LogP contribution in [0.2, 0.25) is 0 Å². The summed E-state index contributed by atoms with van der Waals surface area (Å²) in [5.74, 6) is 3.71. The molecule has 14 aromatic rings. The van der Waals surface area contributed by atoms with Crippen molar-refractivity contribution in [1.29, 1.82) is 15.8 Å². The largest absolute Gasteiger partial charge is 0.389 e. The van der Waals surface area contributed by atoms with Crippen molar-refractivity contribution in [2.24, 2.45) is 0 Å². The fourth-order valence-electron chi connectivity index (χ4n) is 15.2. The van der Waals surface area contributed by atoms with E-state index >= 15 is 0 Å². The lowest BCUT2D eigenvalue weighted by Gasteiger charge is -2.39. The Morgan fingerprint density at radius 1 is 0.410 bits per heavy atom. The first-order valence-corrected chi connectivity index (χ1v) is 39.0. The second kappa shape index (κ2) is 34.9. The van der Waals surface area contributed by atoms with E-state index in [-0.39, 0.29) is 0 Å². The van der Waals surface area contributed by atoms with E-state index in [0.29, 0.717) is 91.8 Å². The second-order valence-electron chi connectivity index (χ2n) is 29.2. The SMILES string of the molecule is Cc1ncn(-c2ccc(Nc3nccc(-c4ccc(N5CCC(O)(Cc6ccccc6)CC5)c(C#N)c4)n3)cc2)n1.Cc1ncn(-c2ccc(Nc3nccc(-c4ccc(N5CCC(c6ccccc6)CC5)c(C#N)c4)n3)cc2)n1.Cc1ncn(-c2ccc(Nc3nccc(-c4ccc(N5CCC6(CC5)OCCO6)c(C#N)c4)n3)cc2)n1. The summed E-state index contributed by atoms with van der Waals surface area (Å²) in [5.41, 5.74) is 16.6. The molecule has 27 heteroatoms. The highest BCUT2D eigenvalue weighted by molar-refractivity contribution is 5.74. The Morgan fingerprint density at radius 3 is 1.11 bits per heavy atom. The Bertz CT molecular complexity index is 5890. The molecule has 0 amide bonds. The number of anilines is 9. The van der Waals surface area contributed by atoms with Crippen LogP contribution in [-0.2, 0) is 15.9 Å². The van der Waals surface area contributed by atoms with Gasteiger partial charge >= 0.3 is 0 Å². The van der Waals surface area contributed by atoms with Crippen LogP contribution in [-0.4, -0.2) is 143 Å². The summed E-state index contributed by atoms with van der Waals surface area (Å²) < 4.78 is 16.9. The van der Waals surface area contributed by atoms with Crippen molar-refractivity contribution in [2.45, 2.75) is 83.0 Å². The van der Waals surface area contributed by atoms with E-state index in [4.69, 9.17) is 19.4 Å². The number of nitrogens with one attached hydrogen (secondary N) is 3. The van der Waals surface area contributed by atoms with E-state index < -0.39 is 11.4 Å². The summed E-state index contributed by atoms with van der Waals surface area (Å²) in [6.07, 6.45) is 15.9. The van der Waals surface area contributed by atoms with Gasteiger partial charge in [0.1, 0.15) is 54.7 Å². The topological polar surface area (TPSA) is 325 Å². The van der Waals surface area contributed by atoms with Crippen molar-refractivity contribution in [3.05, 3.63) is 289 Å². The first-order chi connectivity index (χ1) is 57.2. The molecule has 1 spiro atoms. The molecule has 4 fully saturated rings. The fourth-order valence-corrected chi connectivity index (χ4v) is 15.2. The number of aliphatic hydroxyl groups is 1. The van der Waals surface area contributed by atoms with Crippen LogP contribution in [0.3, 0.4) is 0 Å². The Labute approximate surface area is 677 Å². The van der Waals surface area contributed by atoms with Crippen molar-refractivity contribution < 1.29 is 14.6 Å². The minimum absolute atomic E-state index is 0.441. The van der Waals surface area contributed by atoms with Gasteiger partial charge in [-0.1, -0.05) is 78.9 Å². The molecule has 0 bridgehead atoms. The van der Waals surface area contributed by atoms with Gasteiger partial charge < -0.3 is 45.2 Å². The highest BCUT2D eigenvalue weighted by Crippen LogP contribution is 2.39. The van der Waals surface area contributed by atoms with Crippen LogP contribution in [0.4, 0.5) is 52.0 Å². The van der Waals surface area contributed by atoms with E-state index in [1.165, 1.54) is 5.56 Å². The second-order valence-corrected chi connectivity index (χ2v) is 29.2. The summed E-state index contributed by atoms with van der Waals surface area (Å²) >= 11 is 0. The molecule has 27 nitrogen and oxygen atoms in total. The van der Waals surface area contributed by atoms with Gasteiger partial charge in [-0.3, -0.25) is 0 Å². The van der Waals surface area contributed by atoms with Crippen molar-refractivity contribution in [3.63, 3.8) is 0 Å². The molecule has 117 heavy (non-hydrogen) atoms. The van der Waals surface area contributed by atoms with Gasteiger partial charge in [-0.2, -0.15) is 31.1 Å². The van der Waals surface area contributed by atoms with E-state index in [9.17, 15) is 20.9 Å². The lowest BCUT2D eigenvalue weighted by Crippen LogP contribution is -2.46. The standard InChI is InChI=1S/C32H30N8O.C31H28N8.C27H26N8O2/c1-23-35-22-40(38-23)28-10-8-27(9-11-28)36-31-34-16-13-29(37-31)25-7-12-30(26(19-25)21-33)39-17-14-32(41,15-18-39)20-24-5-3-2-4-6-24;1-22-34-21-39(37-22)28-10-8-27(9-11-28)35-31-33-16-13-29(36-31)25-7-12-30(26(19-25)20-32)38-17-14-24(15-18-38)23-5-3-2-4-6-23;1-19-30-18-35(33-19)23-5-3-22(4-6-23)31-26-29-11-8-24(32-26)20-2-7-25(21(16-20)17-28)34-12-9-27(10-13-34)36-14-15-37-27/h2-13,16,19,22,41H,14-15,17-18,20H2,1H3,(H,34,36,37);2-13,16,19,21,24H,14-15,17-18H2,1H3,(H,33,35,36);2-8,11,16,18H,9-10,12-15H2,1H3,(H,29,31,32). The van der Waals surface area contributed by atoms with E-state index in [1.54, 1.807) is 51.6 Å². The van der Waals surface area contributed by atoms with Crippen LogP contribution in [0.5, 0.6) is 0 Å². The van der Waals surface area contributed by atoms with Crippen LogP contribution < -0.4 is 30.7 Å². The average molecular weight is 1550 g/mol. The van der Waals surface area contributed by atoms with Gasteiger partial charge in [-0.05, 0) is 191 Å². The number of aryl methyl sites for hydroxylation is 3. The molecular formula is C90H84N24O3. The lowest BCUT2D eigenvalue weighted by molar-refractivity contribution is -0.169. The molecule has 582 valence electrons. The average Bonchev–Trinajstić information content (AvgIpc) is 1.75. The third-order valence-corrected chi connectivity index (χ3v) is 21.4. The molecule has 0 saturated carbocycles. The van der Waals surface area contributed by atoms with Gasteiger partial charge in [0, 0.05) is 111 Å². The number of benzene rings is 8. The van der Waals surface area contributed by atoms with Gasteiger partial charge in [0.15, 0.2) is 5.79 Å². The molecule has 8 aromatic carbocycles. The van der Waals surface area contributed by atoms with Gasteiger partial charge in [0.2, 0.25) is 17.8 Å². The Morgan fingerprint density at radius 2 is 0.761 bits per heavy atom. The number of ether oxygens (including phenoxy) is 2. The van der Waals surface area contributed by atoms with Crippen molar-refractivity contribution >= 4 is 52.0 Å². The van der Waals surface area contributed by atoms with Crippen molar-refractivity contribution in [2.75, 3.05) is 83.1 Å². The molecule has 0 radical (unpaired) electrons. The minimum Gasteiger partial charge on any atom is -0.389 e. The number of nitrogens with zero attached hydrogens (tertiary/aromatic N) is 21. The minimum atomic E-state index is -0.731. The summed E-state index contributed by atoms with van der Waals surface area (Å²) in [6, 6.07) is 74.6. The van der Waals surface area contributed by atoms with Crippen molar-refractivity contribution in [1.82, 2.24) is 74.2 Å². The molecule has 0 atom stereocenters. The Hall–Kier alpha value is -14.4. The molecule has 10 heterocycles. The molecule has 4 N–H and O–H groups in total. The number of aromatic nitrogens is 15. The van der Waals surface area contributed by atoms with Crippen LogP contribution >= 0.6 is 0 Å². The quantitative estimate of drug-likeness (QED) is 0.0620. The molecule has 6 aromatic heterocycles. The number of rotatable bonds is 18. The highest BCUT2D eigenvalue weighted by atomic mass is 16.7. The highest BCUT2D eigenvalue weighted by Gasteiger charge is 2.40. The summed E-state index contributed by atoms with van der Waals surface area (Å²) in [7, 11) is 0. The number of hydrogen-bond donors (Lipinski definition) is 4. The van der Waals surface area contributed by atoms with Gasteiger partial charge in [-0.15, -0.1) is 0 Å². The molecule has 0 aliphatic carbocycles. The van der Waals surface area contributed by atoms with Crippen molar-refractivity contribution in [3.8, 4) is 69.0 Å². The monoisotopic (exact) mass is 1550 g/mol. The predicted octanol–water partition coefficient (Wildman–Crippen LogP) is 15.2. The maximum Gasteiger partial charge on any atom is 0.227 e. The summed E-state index contributed by atoms with van der Waals surface area (Å²) in [4.78, 5) is 46.5. The van der Waals surface area contributed by atoms with Crippen LogP contribution in [0, 0.1) is 54.8 Å². The predicted molar refractivity (Wildman–Crippen MR) is 448 cm³/mol. The van der Waals surface area contributed by atoms with E-state index in [1.807, 2.05) is 178 Å². The maximum absolute atomic E-state index is 11.2. The zero-order chi connectivity index (χ0) is 80.1. The van der Waals surface area contributed by atoms with Gasteiger partial charge in [-0.25, -0.2) is 58.9 Å². The molecule has 0 unspecified atom stereocenters. The third kappa shape index (κ3) is 18.5. The lowest BCUT2D eigenvalue weighted by atomic mass is 9.85. The maximum atomic E-state index is 11.2. The molecular weight excluding hydrogens is 1470 g/mol. The zero-order valence-corrected chi connectivity index (χ0v) is 64.9. The molecule has 18 rings (SSSR count). The molecule has 4 aliphatic heterocycles. The Kier molecular flexibility index (Phi) is 22.8. The van der Waals surface area contributed by atoms with Gasteiger partial charge in [0.25, 0.3) is 0 Å². The third-order valence-electron chi connectivity index (χ3n) is 21.4. The smallest absolute Gasteiger partial charge is 0.227 e. The van der Waals surface area contributed by atoms with Crippen LogP contribution in [0.1, 0.15) is 89.7 Å². The van der Waals surface area contributed by atoms with Crippen LogP contribution in [0.25, 0.3) is 50.8 Å². The fraction of sp³-hybridized carbons (Fsp3) is 0.233. The molecule has 4 aliphatic rings. The van der Waals surface area contributed by atoms with Gasteiger partial charge in [0.05, 0.1) is 86.7 Å². The first kappa shape index (κ1) is 76.6. The van der Waals surface area contributed by atoms with Crippen LogP contribution in [0.15, 0.2) is 244 Å². The molecule has 4 saturated heterocycles. The number of hydrogen-bond acceptors (Lipinski definition) is 24. The normalized spacial score (nSPS) is 14.9.